The number of hydrogen-bond donors (Lipinski definition) is 2. The molecule has 3 N–H and O–H groups in total. The van der Waals surface area contributed by atoms with Crippen LogP contribution in [0.1, 0.15) is 73.2 Å². The number of quaternary nitrogens is 1. The van der Waals surface area contributed by atoms with Gasteiger partial charge in [-0.1, -0.05) is 6.42 Å². The molecule has 3 aliphatic rings. The molecule has 2 fully saturated rings. The van der Waals surface area contributed by atoms with Crippen molar-refractivity contribution in [2.45, 2.75) is 71.3 Å². The molecule has 1 aromatic rings. The summed E-state index contributed by atoms with van der Waals surface area (Å²) in [6, 6.07) is 0.488. The second-order valence-corrected chi connectivity index (χ2v) is 9.93. The molecule has 0 spiro atoms. The van der Waals surface area contributed by atoms with E-state index in [1.165, 1.54) is 30.6 Å². The molecule has 1 amide bonds. The molecule has 3 aliphatic carbocycles. The lowest BCUT2D eigenvalue weighted by Gasteiger charge is -2.25. The molecule has 154 valence electrons. The molecule has 2 bridgehead atoms. The topological polar surface area (TPSA) is 72.0 Å². The van der Waals surface area contributed by atoms with Crippen LogP contribution in [0.3, 0.4) is 0 Å². The molecule has 0 unspecified atom stereocenters. The Morgan fingerprint density at radius 1 is 1.25 bits per heavy atom. The van der Waals surface area contributed by atoms with E-state index in [0.29, 0.717) is 29.8 Å². The lowest BCUT2D eigenvalue weighted by Crippen LogP contribution is -2.92. The molecule has 6 heteroatoms. The standard InChI is InChI=1S/C22H32N2O3S/c1-3-27-22(26)20-16-6-4-5-7-18(16)28-21(20)24-19(25)12-23-13(2)17-11-14-8-9-15(17)10-14/h13-15,17,23H,3-12H2,1-2H3,(H,24,25)/p+1/t13-,14+,15-,17+/m0/s1. The molecule has 0 aromatic carbocycles. The van der Waals surface area contributed by atoms with E-state index in [1.54, 1.807) is 11.3 Å². The Morgan fingerprint density at radius 3 is 2.79 bits per heavy atom. The predicted molar refractivity (Wildman–Crippen MR) is 111 cm³/mol. The van der Waals surface area contributed by atoms with Gasteiger partial charge < -0.3 is 15.4 Å². The largest absolute Gasteiger partial charge is 0.462 e. The molecular formula is C22H33N2O3S+. The maximum atomic E-state index is 12.6. The maximum absolute atomic E-state index is 12.6. The van der Waals surface area contributed by atoms with Gasteiger partial charge in [0.25, 0.3) is 5.91 Å². The van der Waals surface area contributed by atoms with E-state index in [4.69, 9.17) is 4.74 Å². The molecule has 5 nitrogen and oxygen atoms in total. The fourth-order valence-corrected chi connectivity index (χ4v) is 6.95. The fourth-order valence-electron chi connectivity index (χ4n) is 5.66. The number of nitrogens with one attached hydrogen (secondary N) is 1. The summed E-state index contributed by atoms with van der Waals surface area (Å²) in [5.41, 5.74) is 1.71. The lowest BCUT2D eigenvalue weighted by atomic mass is 9.84. The number of aryl methyl sites for hydroxylation is 1. The van der Waals surface area contributed by atoms with Gasteiger partial charge in [-0.2, -0.15) is 0 Å². The summed E-state index contributed by atoms with van der Waals surface area (Å²) in [6.45, 7) is 4.86. The Hall–Kier alpha value is -1.40. The van der Waals surface area contributed by atoms with Crippen molar-refractivity contribution in [2.75, 3.05) is 18.5 Å². The van der Waals surface area contributed by atoms with Crippen LogP contribution < -0.4 is 10.6 Å². The number of fused-ring (bicyclic) bond motifs is 3. The van der Waals surface area contributed by atoms with E-state index in [0.717, 1.165) is 49.0 Å². The SMILES string of the molecule is CCOC(=O)c1c(NC(=O)C[NH2+][C@@H](C)[C@H]2C[C@@H]3CC[C@H]2C3)sc2c1CCCC2. The summed E-state index contributed by atoms with van der Waals surface area (Å²) < 4.78 is 5.28. The van der Waals surface area contributed by atoms with Crippen molar-refractivity contribution >= 4 is 28.2 Å². The van der Waals surface area contributed by atoms with Crippen molar-refractivity contribution in [3.05, 3.63) is 16.0 Å². The zero-order valence-corrected chi connectivity index (χ0v) is 17.9. The number of amides is 1. The highest BCUT2D eigenvalue weighted by atomic mass is 32.1. The molecule has 0 aliphatic heterocycles. The minimum atomic E-state index is -0.295. The minimum absolute atomic E-state index is 0.0147. The third kappa shape index (κ3) is 3.99. The first-order valence-electron chi connectivity index (χ1n) is 11.0. The number of rotatable bonds is 7. The summed E-state index contributed by atoms with van der Waals surface area (Å²) in [4.78, 5) is 26.4. The Labute approximate surface area is 171 Å². The van der Waals surface area contributed by atoms with Crippen LogP contribution in [-0.4, -0.2) is 31.1 Å². The zero-order chi connectivity index (χ0) is 19.7. The van der Waals surface area contributed by atoms with Crippen molar-refractivity contribution in [3.63, 3.8) is 0 Å². The van der Waals surface area contributed by atoms with Crippen molar-refractivity contribution in [1.29, 1.82) is 0 Å². The summed E-state index contributed by atoms with van der Waals surface area (Å²) in [7, 11) is 0. The second-order valence-electron chi connectivity index (χ2n) is 8.82. The Balaban J connectivity index is 1.38. The van der Waals surface area contributed by atoms with Gasteiger partial charge in [0.15, 0.2) is 6.54 Å². The molecule has 28 heavy (non-hydrogen) atoms. The fraction of sp³-hybridized carbons (Fsp3) is 0.727. The average Bonchev–Trinajstić information content (AvgIpc) is 3.39. The van der Waals surface area contributed by atoms with Crippen molar-refractivity contribution < 1.29 is 19.6 Å². The molecule has 0 radical (unpaired) electrons. The van der Waals surface area contributed by atoms with Crippen LogP contribution in [0.15, 0.2) is 0 Å². The summed E-state index contributed by atoms with van der Waals surface area (Å²) in [5.74, 6) is 2.26. The maximum Gasteiger partial charge on any atom is 0.341 e. The normalized spacial score (nSPS) is 26.7. The van der Waals surface area contributed by atoms with E-state index in [1.807, 2.05) is 6.92 Å². The zero-order valence-electron chi connectivity index (χ0n) is 17.1. The number of esters is 1. The van der Waals surface area contributed by atoms with Crippen LogP contribution in [0.25, 0.3) is 0 Å². The highest BCUT2D eigenvalue weighted by Gasteiger charge is 2.43. The van der Waals surface area contributed by atoms with Crippen LogP contribution in [0.4, 0.5) is 5.00 Å². The van der Waals surface area contributed by atoms with Crippen molar-refractivity contribution in [1.82, 2.24) is 0 Å². The smallest absolute Gasteiger partial charge is 0.341 e. The van der Waals surface area contributed by atoms with Crippen LogP contribution in [-0.2, 0) is 22.4 Å². The summed E-state index contributed by atoms with van der Waals surface area (Å²) in [6.07, 6.45) is 9.68. The van der Waals surface area contributed by atoms with Gasteiger partial charge in [-0.3, -0.25) is 4.79 Å². The van der Waals surface area contributed by atoms with Gasteiger partial charge >= 0.3 is 5.97 Å². The van der Waals surface area contributed by atoms with Crippen LogP contribution in [0.2, 0.25) is 0 Å². The van der Waals surface area contributed by atoms with E-state index in [-0.39, 0.29) is 11.9 Å². The number of hydrogen-bond acceptors (Lipinski definition) is 4. The number of carbonyl (C=O) groups excluding carboxylic acids is 2. The Kier molecular flexibility index (Phi) is 6.07. The third-order valence-electron chi connectivity index (χ3n) is 7.05. The van der Waals surface area contributed by atoms with E-state index < -0.39 is 0 Å². The molecule has 2 saturated carbocycles. The molecule has 4 rings (SSSR count). The summed E-state index contributed by atoms with van der Waals surface area (Å²) >= 11 is 1.57. The van der Waals surface area contributed by atoms with Crippen LogP contribution >= 0.6 is 11.3 Å². The second kappa shape index (κ2) is 8.54. The molecule has 1 heterocycles. The van der Waals surface area contributed by atoms with Gasteiger partial charge in [-0.15, -0.1) is 11.3 Å². The highest BCUT2D eigenvalue weighted by Crippen LogP contribution is 2.49. The first-order valence-corrected chi connectivity index (χ1v) is 11.8. The molecular weight excluding hydrogens is 372 g/mol. The van der Waals surface area contributed by atoms with Gasteiger partial charge in [-0.05, 0) is 76.2 Å². The number of thiophene rings is 1. The van der Waals surface area contributed by atoms with Crippen molar-refractivity contribution in [2.24, 2.45) is 17.8 Å². The monoisotopic (exact) mass is 405 g/mol. The number of anilines is 1. The molecule has 1 aromatic heterocycles. The van der Waals surface area contributed by atoms with Gasteiger partial charge in [-0.25, -0.2) is 4.79 Å². The number of carbonyl (C=O) groups is 2. The minimum Gasteiger partial charge on any atom is -0.462 e. The lowest BCUT2D eigenvalue weighted by molar-refractivity contribution is -0.683. The van der Waals surface area contributed by atoms with E-state index >= 15 is 0 Å². The van der Waals surface area contributed by atoms with E-state index in [2.05, 4.69) is 17.6 Å². The average molecular weight is 406 g/mol. The Bertz CT molecular complexity index is 744. The Morgan fingerprint density at radius 2 is 2.07 bits per heavy atom. The van der Waals surface area contributed by atoms with Crippen LogP contribution in [0, 0.1) is 17.8 Å². The van der Waals surface area contributed by atoms with Gasteiger partial charge in [0.2, 0.25) is 0 Å². The van der Waals surface area contributed by atoms with E-state index in [9.17, 15) is 9.59 Å². The molecule has 4 atom stereocenters. The predicted octanol–water partition coefficient (Wildman–Crippen LogP) is 3.13. The number of nitrogens with two attached hydrogens (primary N) is 1. The van der Waals surface area contributed by atoms with Gasteiger partial charge in [0.1, 0.15) is 5.00 Å². The van der Waals surface area contributed by atoms with Crippen molar-refractivity contribution in [3.8, 4) is 0 Å². The molecule has 0 saturated heterocycles. The first-order chi connectivity index (χ1) is 13.6. The number of ether oxygens (including phenoxy) is 1. The quantitative estimate of drug-likeness (QED) is 0.685. The van der Waals surface area contributed by atoms with Gasteiger partial charge in [0.05, 0.1) is 18.2 Å². The summed E-state index contributed by atoms with van der Waals surface area (Å²) in [5, 5.41) is 5.92. The highest BCUT2D eigenvalue weighted by molar-refractivity contribution is 7.17. The van der Waals surface area contributed by atoms with Crippen LogP contribution in [0.5, 0.6) is 0 Å². The first kappa shape index (κ1) is 19.9. The third-order valence-corrected chi connectivity index (χ3v) is 8.25. The van der Waals surface area contributed by atoms with Gasteiger partial charge in [0, 0.05) is 10.8 Å².